The molecular formula is C15H20ClN3O. The standard InChI is InChI=1S/C15H20ClN3O/c1-4-8-17-15(20)11(3)19-12-7-5-6-10(2)14(12)18-13(19)9-16/h5-7,11H,4,8-9H2,1-3H3,(H,17,20). The van der Waals surface area contributed by atoms with Gasteiger partial charge in [0.05, 0.1) is 16.9 Å². The average molecular weight is 294 g/mol. The van der Waals surface area contributed by atoms with Crippen molar-refractivity contribution in [2.24, 2.45) is 0 Å². The maximum absolute atomic E-state index is 12.2. The first kappa shape index (κ1) is 14.9. The molecule has 1 heterocycles. The van der Waals surface area contributed by atoms with Gasteiger partial charge in [-0.25, -0.2) is 4.98 Å². The second kappa shape index (κ2) is 6.27. The molecule has 1 aromatic carbocycles. The third-order valence-electron chi connectivity index (χ3n) is 3.43. The van der Waals surface area contributed by atoms with Crippen molar-refractivity contribution in [1.82, 2.24) is 14.9 Å². The summed E-state index contributed by atoms with van der Waals surface area (Å²) in [6.07, 6.45) is 0.921. The number of aromatic nitrogens is 2. The first-order valence-corrected chi connectivity index (χ1v) is 7.43. The van der Waals surface area contributed by atoms with E-state index in [1.807, 2.05) is 43.5 Å². The first-order chi connectivity index (χ1) is 9.60. The van der Waals surface area contributed by atoms with E-state index >= 15 is 0 Å². The molecule has 1 atom stereocenters. The molecule has 0 aliphatic heterocycles. The summed E-state index contributed by atoms with van der Waals surface area (Å²) >= 11 is 5.99. The van der Waals surface area contributed by atoms with E-state index in [4.69, 9.17) is 11.6 Å². The highest BCUT2D eigenvalue weighted by molar-refractivity contribution is 6.17. The first-order valence-electron chi connectivity index (χ1n) is 6.90. The SMILES string of the molecule is CCCNC(=O)C(C)n1c(CCl)nc2c(C)cccc21. The molecule has 1 unspecified atom stereocenters. The fourth-order valence-corrected chi connectivity index (χ4v) is 2.53. The number of benzene rings is 1. The molecule has 0 aliphatic carbocycles. The van der Waals surface area contributed by atoms with Crippen LogP contribution in [-0.2, 0) is 10.7 Å². The van der Waals surface area contributed by atoms with E-state index in [2.05, 4.69) is 10.3 Å². The minimum absolute atomic E-state index is 0.000905. The van der Waals surface area contributed by atoms with Gasteiger partial charge >= 0.3 is 0 Å². The summed E-state index contributed by atoms with van der Waals surface area (Å²) in [6, 6.07) is 5.65. The fraction of sp³-hybridized carbons (Fsp3) is 0.467. The molecule has 5 heteroatoms. The molecule has 0 aliphatic rings. The van der Waals surface area contributed by atoms with Crippen LogP contribution in [0.4, 0.5) is 0 Å². The third kappa shape index (κ3) is 2.66. The molecular weight excluding hydrogens is 274 g/mol. The van der Waals surface area contributed by atoms with Gasteiger partial charge in [-0.05, 0) is 31.9 Å². The van der Waals surface area contributed by atoms with Crippen molar-refractivity contribution >= 4 is 28.5 Å². The lowest BCUT2D eigenvalue weighted by molar-refractivity contribution is -0.123. The van der Waals surface area contributed by atoms with Gasteiger partial charge in [0, 0.05) is 6.54 Å². The van der Waals surface area contributed by atoms with Crippen LogP contribution in [0.25, 0.3) is 11.0 Å². The minimum atomic E-state index is -0.318. The van der Waals surface area contributed by atoms with Crippen LogP contribution in [0.3, 0.4) is 0 Å². The predicted octanol–water partition coefficient (Wildman–Crippen LogP) is 3.17. The van der Waals surface area contributed by atoms with Crippen LogP contribution in [-0.4, -0.2) is 22.0 Å². The number of amides is 1. The van der Waals surface area contributed by atoms with Crippen molar-refractivity contribution in [3.8, 4) is 0 Å². The zero-order chi connectivity index (χ0) is 14.7. The number of hydrogen-bond acceptors (Lipinski definition) is 2. The molecule has 4 nitrogen and oxygen atoms in total. The summed E-state index contributed by atoms with van der Waals surface area (Å²) in [4.78, 5) is 16.8. The van der Waals surface area contributed by atoms with E-state index < -0.39 is 0 Å². The van der Waals surface area contributed by atoms with Crippen LogP contribution in [0.15, 0.2) is 18.2 Å². The molecule has 20 heavy (non-hydrogen) atoms. The number of alkyl halides is 1. The van der Waals surface area contributed by atoms with Crippen LogP contribution in [0.1, 0.15) is 37.7 Å². The number of fused-ring (bicyclic) bond motifs is 1. The lowest BCUT2D eigenvalue weighted by atomic mass is 10.2. The molecule has 0 fully saturated rings. The van der Waals surface area contributed by atoms with E-state index in [-0.39, 0.29) is 11.9 Å². The summed E-state index contributed by atoms with van der Waals surface area (Å²) in [5, 5.41) is 2.92. The second-order valence-electron chi connectivity index (χ2n) is 4.94. The Bertz CT molecular complexity index is 621. The summed E-state index contributed by atoms with van der Waals surface area (Å²) in [5.41, 5.74) is 2.96. The van der Waals surface area contributed by atoms with Crippen molar-refractivity contribution in [2.75, 3.05) is 6.54 Å². The number of nitrogens with zero attached hydrogens (tertiary/aromatic N) is 2. The largest absolute Gasteiger partial charge is 0.354 e. The Hall–Kier alpha value is -1.55. The molecule has 108 valence electrons. The van der Waals surface area contributed by atoms with E-state index in [9.17, 15) is 4.79 Å². The number of nitrogens with one attached hydrogen (secondary N) is 1. The van der Waals surface area contributed by atoms with Gasteiger partial charge in [-0.1, -0.05) is 19.1 Å². The van der Waals surface area contributed by atoms with Gasteiger partial charge in [-0.3, -0.25) is 4.79 Å². The molecule has 0 saturated heterocycles. The Balaban J connectivity index is 2.46. The van der Waals surface area contributed by atoms with Crippen LogP contribution in [0, 0.1) is 6.92 Å². The molecule has 0 radical (unpaired) electrons. The summed E-state index contributed by atoms with van der Waals surface area (Å²) < 4.78 is 1.93. The molecule has 0 bridgehead atoms. The van der Waals surface area contributed by atoms with E-state index in [0.29, 0.717) is 12.4 Å². The number of rotatable bonds is 5. The van der Waals surface area contributed by atoms with Gasteiger partial charge in [0.2, 0.25) is 5.91 Å². The van der Waals surface area contributed by atoms with Crippen molar-refractivity contribution in [3.05, 3.63) is 29.6 Å². The van der Waals surface area contributed by atoms with E-state index in [1.54, 1.807) is 0 Å². The Labute approximate surface area is 124 Å². The van der Waals surface area contributed by atoms with Crippen LogP contribution in [0.5, 0.6) is 0 Å². The Kier molecular flexibility index (Phi) is 4.65. The normalized spacial score (nSPS) is 12.6. The van der Waals surface area contributed by atoms with Crippen LogP contribution < -0.4 is 5.32 Å². The molecule has 1 aromatic heterocycles. The summed E-state index contributed by atoms with van der Waals surface area (Å²) in [5.74, 6) is 1.02. The highest BCUT2D eigenvalue weighted by Crippen LogP contribution is 2.24. The third-order valence-corrected chi connectivity index (χ3v) is 3.67. The number of carbonyl (C=O) groups is 1. The van der Waals surface area contributed by atoms with Gasteiger partial charge in [-0.2, -0.15) is 0 Å². The second-order valence-corrected chi connectivity index (χ2v) is 5.21. The van der Waals surface area contributed by atoms with E-state index in [0.717, 1.165) is 28.8 Å². The fourth-order valence-electron chi connectivity index (χ4n) is 2.34. The van der Waals surface area contributed by atoms with Crippen LogP contribution in [0.2, 0.25) is 0 Å². The lowest BCUT2D eigenvalue weighted by Crippen LogP contribution is -2.32. The number of halogens is 1. The van der Waals surface area contributed by atoms with Gasteiger partial charge in [-0.15, -0.1) is 11.6 Å². The van der Waals surface area contributed by atoms with Crippen LogP contribution >= 0.6 is 11.6 Å². The lowest BCUT2D eigenvalue weighted by Gasteiger charge is -2.16. The molecule has 1 N–H and O–H groups in total. The van der Waals surface area contributed by atoms with Gasteiger partial charge in [0.15, 0.2) is 0 Å². The van der Waals surface area contributed by atoms with Gasteiger partial charge in [0.25, 0.3) is 0 Å². The van der Waals surface area contributed by atoms with Crippen molar-refractivity contribution in [1.29, 1.82) is 0 Å². The number of hydrogen-bond donors (Lipinski definition) is 1. The maximum Gasteiger partial charge on any atom is 0.242 e. The Morgan fingerprint density at radius 2 is 2.25 bits per heavy atom. The highest BCUT2D eigenvalue weighted by Gasteiger charge is 2.21. The molecule has 0 spiro atoms. The monoisotopic (exact) mass is 293 g/mol. The van der Waals surface area contributed by atoms with E-state index in [1.165, 1.54) is 0 Å². The van der Waals surface area contributed by atoms with Gasteiger partial charge < -0.3 is 9.88 Å². The van der Waals surface area contributed by atoms with Crippen molar-refractivity contribution in [2.45, 2.75) is 39.1 Å². The number of carbonyl (C=O) groups excluding carboxylic acids is 1. The molecule has 2 rings (SSSR count). The zero-order valence-electron chi connectivity index (χ0n) is 12.1. The molecule has 0 saturated carbocycles. The smallest absolute Gasteiger partial charge is 0.242 e. The topological polar surface area (TPSA) is 46.9 Å². The minimum Gasteiger partial charge on any atom is -0.354 e. The quantitative estimate of drug-likeness (QED) is 0.861. The Morgan fingerprint density at radius 3 is 2.90 bits per heavy atom. The van der Waals surface area contributed by atoms with Crippen molar-refractivity contribution < 1.29 is 4.79 Å². The summed E-state index contributed by atoms with van der Waals surface area (Å²) in [6.45, 7) is 6.61. The Morgan fingerprint density at radius 1 is 1.50 bits per heavy atom. The number of para-hydroxylation sites is 1. The molecule has 1 amide bonds. The zero-order valence-corrected chi connectivity index (χ0v) is 12.9. The maximum atomic E-state index is 12.2. The van der Waals surface area contributed by atoms with Crippen molar-refractivity contribution in [3.63, 3.8) is 0 Å². The number of aryl methyl sites for hydroxylation is 1. The molecule has 2 aromatic rings. The predicted molar refractivity (Wildman–Crippen MR) is 82.0 cm³/mol. The highest BCUT2D eigenvalue weighted by atomic mass is 35.5. The van der Waals surface area contributed by atoms with Gasteiger partial charge in [0.1, 0.15) is 11.9 Å². The summed E-state index contributed by atoms with van der Waals surface area (Å²) in [7, 11) is 0. The number of imidazole rings is 1. The average Bonchev–Trinajstić information content (AvgIpc) is 2.83.